The van der Waals surface area contributed by atoms with Gasteiger partial charge in [0.25, 0.3) is 11.8 Å². The summed E-state index contributed by atoms with van der Waals surface area (Å²) in [4.78, 5) is 27.8. The quantitative estimate of drug-likeness (QED) is 0.586. The number of carbonyl (C=O) groups is 1. The van der Waals surface area contributed by atoms with Gasteiger partial charge in [0.15, 0.2) is 5.82 Å². The van der Waals surface area contributed by atoms with Crippen molar-refractivity contribution < 1.29 is 18.7 Å². The van der Waals surface area contributed by atoms with Crippen molar-refractivity contribution in [3.05, 3.63) is 51.4 Å². The van der Waals surface area contributed by atoms with Crippen LogP contribution in [0, 0.1) is 5.82 Å². The Bertz CT molecular complexity index is 1200. The van der Waals surface area contributed by atoms with Crippen molar-refractivity contribution in [2.24, 2.45) is 0 Å². The fourth-order valence-electron chi connectivity index (χ4n) is 4.07. The summed E-state index contributed by atoms with van der Waals surface area (Å²) in [5, 5.41) is 2.83. The van der Waals surface area contributed by atoms with Crippen molar-refractivity contribution in [1.29, 1.82) is 0 Å². The minimum Gasteiger partial charge on any atom is -0.417 e. The van der Waals surface area contributed by atoms with Crippen LogP contribution in [-0.4, -0.2) is 39.0 Å². The van der Waals surface area contributed by atoms with Gasteiger partial charge >= 0.3 is 0 Å². The highest BCUT2D eigenvalue weighted by atomic mass is 35.5. The standard InChI is InChI=1S/C21H19ClFN5O3/c1-2-30-9-11-8-26-21(22)28-19(11)31-20-16(23)14-10(7-25-20)3-4-12-15-13(27-17(12)14)5-6-24-18(15)29/h7-8,27H,2-6,9H2,1H3,(H,24,29). The van der Waals surface area contributed by atoms with Gasteiger partial charge in [0.05, 0.1) is 23.4 Å². The number of aryl methyl sites for hydroxylation is 1. The lowest BCUT2D eigenvalue weighted by Crippen LogP contribution is -2.32. The fraction of sp³-hybridized carbons (Fsp3) is 0.333. The normalized spacial score (nSPS) is 14.5. The number of nitrogens with one attached hydrogen (secondary N) is 2. The van der Waals surface area contributed by atoms with Crippen molar-refractivity contribution >= 4 is 17.5 Å². The molecule has 0 saturated carbocycles. The number of fused-ring (bicyclic) bond motifs is 5. The highest BCUT2D eigenvalue weighted by molar-refractivity contribution is 6.28. The third-order valence-corrected chi connectivity index (χ3v) is 5.66. The first-order chi connectivity index (χ1) is 15.1. The van der Waals surface area contributed by atoms with E-state index in [1.54, 1.807) is 6.20 Å². The first-order valence-corrected chi connectivity index (χ1v) is 10.4. The van der Waals surface area contributed by atoms with Gasteiger partial charge in [0.2, 0.25) is 11.2 Å². The first-order valence-electron chi connectivity index (χ1n) is 10.0. The lowest BCUT2D eigenvalue weighted by atomic mass is 9.88. The van der Waals surface area contributed by atoms with Crippen molar-refractivity contribution in [2.45, 2.75) is 32.8 Å². The Morgan fingerprint density at radius 2 is 2.03 bits per heavy atom. The zero-order chi connectivity index (χ0) is 21.5. The van der Waals surface area contributed by atoms with E-state index in [0.29, 0.717) is 54.8 Å². The molecule has 0 aromatic carbocycles. The average Bonchev–Trinajstić information content (AvgIpc) is 3.15. The van der Waals surface area contributed by atoms with Crippen LogP contribution in [0.5, 0.6) is 11.8 Å². The molecule has 0 saturated heterocycles. The maximum Gasteiger partial charge on any atom is 0.258 e. The molecule has 5 rings (SSSR count). The first kappa shape index (κ1) is 19.9. The molecular formula is C21H19ClFN5O3. The molecule has 2 aliphatic rings. The van der Waals surface area contributed by atoms with Crippen molar-refractivity contribution in [1.82, 2.24) is 25.3 Å². The molecule has 0 fully saturated rings. The number of rotatable bonds is 5. The zero-order valence-corrected chi connectivity index (χ0v) is 17.5. The molecule has 0 atom stereocenters. The van der Waals surface area contributed by atoms with E-state index in [4.69, 9.17) is 21.1 Å². The lowest BCUT2D eigenvalue weighted by molar-refractivity contribution is 0.0945. The number of hydrogen-bond acceptors (Lipinski definition) is 6. The summed E-state index contributed by atoms with van der Waals surface area (Å²) in [5.74, 6) is -0.879. The number of halogens is 2. The van der Waals surface area contributed by atoms with Crippen molar-refractivity contribution in [2.75, 3.05) is 13.2 Å². The van der Waals surface area contributed by atoms with E-state index < -0.39 is 5.82 Å². The van der Waals surface area contributed by atoms with Crippen LogP contribution in [-0.2, 0) is 30.6 Å². The van der Waals surface area contributed by atoms with Gasteiger partial charge in [0, 0.05) is 43.2 Å². The van der Waals surface area contributed by atoms with Gasteiger partial charge in [-0.2, -0.15) is 4.98 Å². The third-order valence-electron chi connectivity index (χ3n) is 5.48. The molecule has 2 N–H and O–H groups in total. The van der Waals surface area contributed by atoms with E-state index in [1.807, 2.05) is 6.92 Å². The molecule has 0 spiro atoms. The maximum atomic E-state index is 15.6. The largest absolute Gasteiger partial charge is 0.417 e. The van der Waals surface area contributed by atoms with E-state index in [9.17, 15) is 4.79 Å². The second-order valence-electron chi connectivity index (χ2n) is 7.32. The van der Waals surface area contributed by atoms with Gasteiger partial charge in [-0.15, -0.1) is 0 Å². The van der Waals surface area contributed by atoms with Crippen LogP contribution in [0.2, 0.25) is 5.28 Å². The Morgan fingerprint density at radius 1 is 1.16 bits per heavy atom. The predicted molar refractivity (Wildman–Crippen MR) is 110 cm³/mol. The molecule has 0 bridgehead atoms. The van der Waals surface area contributed by atoms with E-state index in [0.717, 1.165) is 16.8 Å². The summed E-state index contributed by atoms with van der Waals surface area (Å²) >= 11 is 5.91. The number of hydrogen-bond donors (Lipinski definition) is 2. The van der Waals surface area contributed by atoms with Crippen molar-refractivity contribution in [3.63, 3.8) is 0 Å². The zero-order valence-electron chi connectivity index (χ0n) is 16.7. The second-order valence-corrected chi connectivity index (χ2v) is 7.66. The number of aromatic nitrogens is 4. The minimum atomic E-state index is -0.616. The van der Waals surface area contributed by atoms with Crippen LogP contribution in [0.1, 0.15) is 39.7 Å². The van der Waals surface area contributed by atoms with Gasteiger partial charge < -0.3 is 19.8 Å². The molecule has 0 unspecified atom stereocenters. The van der Waals surface area contributed by atoms with Crippen LogP contribution in [0.15, 0.2) is 12.4 Å². The monoisotopic (exact) mass is 443 g/mol. The number of amides is 1. The fourth-order valence-corrected chi connectivity index (χ4v) is 4.19. The molecule has 1 aliphatic carbocycles. The SMILES string of the molecule is CCOCc1cnc(Cl)nc1Oc1ncc2c(c1F)-c1[nH]c3c(c1CC2)C(=O)NCC3. The molecule has 4 heterocycles. The third kappa shape index (κ3) is 3.43. The Balaban J connectivity index is 1.57. The van der Waals surface area contributed by atoms with E-state index >= 15 is 4.39 Å². The van der Waals surface area contributed by atoms with Gasteiger partial charge in [-0.1, -0.05) is 0 Å². The molecule has 1 aliphatic heterocycles. The predicted octanol–water partition coefficient (Wildman–Crippen LogP) is 3.37. The van der Waals surface area contributed by atoms with Crippen LogP contribution >= 0.6 is 11.6 Å². The Morgan fingerprint density at radius 3 is 2.87 bits per heavy atom. The summed E-state index contributed by atoms with van der Waals surface area (Å²) < 4.78 is 26.8. The number of nitrogens with zero attached hydrogens (tertiary/aromatic N) is 3. The van der Waals surface area contributed by atoms with Gasteiger partial charge in [0.1, 0.15) is 0 Å². The van der Waals surface area contributed by atoms with Crippen LogP contribution in [0.3, 0.4) is 0 Å². The summed E-state index contributed by atoms with van der Waals surface area (Å²) in [6.07, 6.45) is 4.98. The van der Waals surface area contributed by atoms with E-state index in [2.05, 4.69) is 25.3 Å². The summed E-state index contributed by atoms with van der Waals surface area (Å²) in [6, 6.07) is 0. The smallest absolute Gasteiger partial charge is 0.258 e. The molecule has 10 heteroatoms. The lowest BCUT2D eigenvalue weighted by Gasteiger charge is -2.19. The van der Waals surface area contributed by atoms with Crippen molar-refractivity contribution in [3.8, 4) is 23.0 Å². The highest BCUT2D eigenvalue weighted by Crippen LogP contribution is 2.41. The molecule has 0 radical (unpaired) electrons. The van der Waals surface area contributed by atoms with Gasteiger partial charge in [-0.05, 0) is 42.5 Å². The van der Waals surface area contributed by atoms with Crippen LogP contribution in [0.4, 0.5) is 4.39 Å². The highest BCUT2D eigenvalue weighted by Gasteiger charge is 2.32. The molecule has 3 aromatic rings. The maximum absolute atomic E-state index is 15.6. The van der Waals surface area contributed by atoms with Crippen LogP contribution < -0.4 is 10.1 Å². The molecule has 160 valence electrons. The Hall–Kier alpha value is -3.04. The number of carbonyl (C=O) groups excluding carboxylic acids is 1. The summed E-state index contributed by atoms with van der Waals surface area (Å²) in [5.41, 5.74) is 4.57. The van der Waals surface area contributed by atoms with Crippen LogP contribution in [0.25, 0.3) is 11.3 Å². The summed E-state index contributed by atoms with van der Waals surface area (Å²) in [6.45, 7) is 3.09. The molecular weight excluding hydrogens is 425 g/mol. The Kier molecular flexibility index (Phi) is 5.07. The number of aromatic amines is 1. The summed E-state index contributed by atoms with van der Waals surface area (Å²) in [7, 11) is 0. The number of H-pyrrole nitrogens is 1. The van der Waals surface area contributed by atoms with E-state index in [-0.39, 0.29) is 29.6 Å². The minimum absolute atomic E-state index is 0.0287. The topological polar surface area (TPSA) is 102 Å². The Labute approximate surface area is 182 Å². The molecule has 8 nitrogen and oxygen atoms in total. The van der Waals surface area contributed by atoms with E-state index in [1.165, 1.54) is 6.20 Å². The van der Waals surface area contributed by atoms with Gasteiger partial charge in [-0.25, -0.2) is 14.4 Å². The van der Waals surface area contributed by atoms with Gasteiger partial charge in [-0.3, -0.25) is 4.79 Å². The number of ether oxygens (including phenoxy) is 2. The average molecular weight is 444 g/mol. The number of pyridine rings is 1. The molecule has 3 aromatic heterocycles. The molecule has 31 heavy (non-hydrogen) atoms. The molecule has 1 amide bonds. The second kappa shape index (κ2) is 7.90.